The average molecular weight is 289 g/mol. The number of halogens is 1. The van der Waals surface area contributed by atoms with Gasteiger partial charge in [0.25, 0.3) is 5.91 Å². The van der Waals surface area contributed by atoms with Gasteiger partial charge in [0.15, 0.2) is 0 Å². The lowest BCUT2D eigenvalue weighted by Crippen LogP contribution is -2.27. The summed E-state index contributed by atoms with van der Waals surface area (Å²) in [5.74, 6) is -0.227. The third-order valence-electron chi connectivity index (χ3n) is 3.20. The van der Waals surface area contributed by atoms with Crippen LogP contribution in [0.2, 0.25) is 5.02 Å². The van der Waals surface area contributed by atoms with E-state index in [1.165, 1.54) is 5.56 Å². The van der Waals surface area contributed by atoms with Crippen molar-refractivity contribution in [3.05, 3.63) is 64.2 Å². The van der Waals surface area contributed by atoms with Crippen LogP contribution in [-0.2, 0) is 0 Å². The largest absolute Gasteiger partial charge is 0.398 e. The van der Waals surface area contributed by atoms with Crippen LogP contribution < -0.4 is 11.1 Å². The van der Waals surface area contributed by atoms with Gasteiger partial charge in [-0.15, -0.1) is 0 Å². The van der Waals surface area contributed by atoms with Crippen LogP contribution in [0.1, 0.15) is 34.5 Å². The summed E-state index contributed by atoms with van der Waals surface area (Å²) >= 11 is 6.05. The van der Waals surface area contributed by atoms with Crippen LogP contribution >= 0.6 is 11.6 Å². The summed E-state index contributed by atoms with van der Waals surface area (Å²) in [7, 11) is 0. The zero-order chi connectivity index (χ0) is 14.7. The van der Waals surface area contributed by atoms with E-state index in [0.717, 1.165) is 5.56 Å². The van der Waals surface area contributed by atoms with Gasteiger partial charge in [0, 0.05) is 0 Å². The van der Waals surface area contributed by atoms with Gasteiger partial charge in [-0.25, -0.2) is 0 Å². The molecular formula is C16H17ClN2O. The van der Waals surface area contributed by atoms with E-state index in [1.807, 2.05) is 38.1 Å². The Labute approximate surface area is 123 Å². The minimum Gasteiger partial charge on any atom is -0.398 e. The molecule has 20 heavy (non-hydrogen) atoms. The van der Waals surface area contributed by atoms with Crippen LogP contribution in [0.25, 0.3) is 0 Å². The molecule has 0 aliphatic heterocycles. The number of carbonyl (C=O) groups excluding carboxylic acids is 1. The molecule has 4 heteroatoms. The van der Waals surface area contributed by atoms with Gasteiger partial charge in [0.2, 0.25) is 0 Å². The maximum absolute atomic E-state index is 12.2. The highest BCUT2D eigenvalue weighted by atomic mass is 35.5. The van der Waals surface area contributed by atoms with Crippen molar-refractivity contribution in [2.24, 2.45) is 0 Å². The molecule has 0 spiro atoms. The van der Waals surface area contributed by atoms with Gasteiger partial charge >= 0.3 is 0 Å². The first-order valence-electron chi connectivity index (χ1n) is 6.40. The first-order chi connectivity index (χ1) is 9.49. The molecule has 0 saturated heterocycles. The second-order valence-corrected chi connectivity index (χ2v) is 5.19. The highest BCUT2D eigenvalue weighted by Crippen LogP contribution is 2.23. The number of hydrogen-bond acceptors (Lipinski definition) is 2. The molecule has 2 rings (SSSR count). The Balaban J connectivity index is 2.15. The van der Waals surface area contributed by atoms with E-state index in [0.29, 0.717) is 16.3 Å². The van der Waals surface area contributed by atoms with Crippen LogP contribution in [0.4, 0.5) is 5.69 Å². The number of nitrogens with two attached hydrogens (primary N) is 1. The number of hydrogen-bond donors (Lipinski definition) is 2. The average Bonchev–Trinajstić information content (AvgIpc) is 2.42. The van der Waals surface area contributed by atoms with Crippen LogP contribution in [0.3, 0.4) is 0 Å². The predicted molar refractivity (Wildman–Crippen MR) is 82.9 cm³/mol. The monoisotopic (exact) mass is 288 g/mol. The lowest BCUT2D eigenvalue weighted by molar-refractivity contribution is 0.0940. The number of nitrogen functional groups attached to an aromatic ring is 1. The summed E-state index contributed by atoms with van der Waals surface area (Å²) in [5, 5.41) is 3.21. The third kappa shape index (κ3) is 3.11. The molecule has 1 amide bonds. The first kappa shape index (κ1) is 14.4. The van der Waals surface area contributed by atoms with Crippen molar-refractivity contribution in [2.45, 2.75) is 19.9 Å². The number of carbonyl (C=O) groups is 1. The standard InChI is InChI=1S/C16H17ClN2O/c1-10-6-8-12(9-7-10)11(2)19-16(20)13-4-3-5-14(18)15(13)17/h3-9,11H,18H2,1-2H3,(H,19,20). The highest BCUT2D eigenvalue weighted by molar-refractivity contribution is 6.36. The van der Waals surface area contributed by atoms with E-state index < -0.39 is 0 Å². The van der Waals surface area contributed by atoms with Crippen molar-refractivity contribution in [3.8, 4) is 0 Å². The minimum absolute atomic E-state index is 0.0967. The Kier molecular flexibility index (Phi) is 4.30. The molecular weight excluding hydrogens is 272 g/mol. The lowest BCUT2D eigenvalue weighted by Gasteiger charge is -2.15. The minimum atomic E-state index is -0.227. The van der Waals surface area contributed by atoms with Crippen LogP contribution in [0.15, 0.2) is 42.5 Å². The number of anilines is 1. The van der Waals surface area contributed by atoms with Gasteiger partial charge < -0.3 is 11.1 Å². The summed E-state index contributed by atoms with van der Waals surface area (Å²) in [6.45, 7) is 3.96. The van der Waals surface area contributed by atoms with Gasteiger partial charge in [-0.05, 0) is 31.5 Å². The molecule has 0 heterocycles. The smallest absolute Gasteiger partial charge is 0.253 e. The number of benzene rings is 2. The number of aryl methyl sites for hydroxylation is 1. The summed E-state index contributed by atoms with van der Waals surface area (Å²) in [4.78, 5) is 12.2. The van der Waals surface area contributed by atoms with E-state index in [2.05, 4.69) is 5.32 Å². The van der Waals surface area contributed by atoms with Crippen molar-refractivity contribution in [1.29, 1.82) is 0 Å². The predicted octanol–water partition coefficient (Wildman–Crippen LogP) is 3.72. The normalized spacial score (nSPS) is 11.9. The summed E-state index contributed by atoms with van der Waals surface area (Å²) in [5.41, 5.74) is 8.74. The molecule has 0 aliphatic carbocycles. The van der Waals surface area contributed by atoms with Gasteiger partial charge in [-0.3, -0.25) is 4.79 Å². The molecule has 3 N–H and O–H groups in total. The van der Waals surface area contributed by atoms with E-state index in [4.69, 9.17) is 17.3 Å². The zero-order valence-corrected chi connectivity index (χ0v) is 12.2. The Morgan fingerprint density at radius 1 is 1.20 bits per heavy atom. The molecule has 3 nitrogen and oxygen atoms in total. The molecule has 0 radical (unpaired) electrons. The van der Waals surface area contributed by atoms with Crippen molar-refractivity contribution < 1.29 is 4.79 Å². The summed E-state index contributed by atoms with van der Waals surface area (Å²) in [6, 6.07) is 13.0. The van der Waals surface area contributed by atoms with Crippen molar-refractivity contribution in [1.82, 2.24) is 5.32 Å². The van der Waals surface area contributed by atoms with E-state index in [9.17, 15) is 4.79 Å². The summed E-state index contributed by atoms with van der Waals surface area (Å²) < 4.78 is 0. The fourth-order valence-corrected chi connectivity index (χ4v) is 2.15. The summed E-state index contributed by atoms with van der Waals surface area (Å²) in [6.07, 6.45) is 0. The van der Waals surface area contributed by atoms with Crippen LogP contribution in [0.5, 0.6) is 0 Å². The molecule has 104 valence electrons. The molecule has 0 bridgehead atoms. The second-order valence-electron chi connectivity index (χ2n) is 4.81. The zero-order valence-electron chi connectivity index (χ0n) is 11.5. The molecule has 1 unspecified atom stereocenters. The molecule has 0 aliphatic rings. The first-order valence-corrected chi connectivity index (χ1v) is 6.78. The Morgan fingerprint density at radius 3 is 2.50 bits per heavy atom. The van der Waals surface area contributed by atoms with Gasteiger partial charge in [-0.1, -0.05) is 47.5 Å². The molecule has 0 aromatic heterocycles. The fourth-order valence-electron chi connectivity index (χ4n) is 1.94. The fraction of sp³-hybridized carbons (Fsp3) is 0.188. The SMILES string of the molecule is Cc1ccc(C(C)NC(=O)c2cccc(N)c2Cl)cc1. The van der Waals surface area contributed by atoms with Gasteiger partial charge in [0.05, 0.1) is 22.3 Å². The van der Waals surface area contributed by atoms with Gasteiger partial charge in [-0.2, -0.15) is 0 Å². The maximum atomic E-state index is 12.2. The third-order valence-corrected chi connectivity index (χ3v) is 3.62. The maximum Gasteiger partial charge on any atom is 0.253 e. The van der Waals surface area contributed by atoms with Crippen molar-refractivity contribution in [2.75, 3.05) is 5.73 Å². The van der Waals surface area contributed by atoms with Crippen molar-refractivity contribution in [3.63, 3.8) is 0 Å². The highest BCUT2D eigenvalue weighted by Gasteiger charge is 2.15. The second kappa shape index (κ2) is 5.97. The molecule has 0 fully saturated rings. The van der Waals surface area contributed by atoms with Crippen molar-refractivity contribution >= 4 is 23.2 Å². The Bertz CT molecular complexity index is 623. The molecule has 1 atom stereocenters. The van der Waals surface area contributed by atoms with E-state index in [-0.39, 0.29) is 11.9 Å². The molecule has 2 aromatic rings. The number of rotatable bonds is 3. The Morgan fingerprint density at radius 2 is 1.85 bits per heavy atom. The molecule has 0 saturated carbocycles. The number of nitrogens with one attached hydrogen (secondary N) is 1. The lowest BCUT2D eigenvalue weighted by atomic mass is 10.1. The van der Waals surface area contributed by atoms with Gasteiger partial charge in [0.1, 0.15) is 0 Å². The van der Waals surface area contributed by atoms with E-state index >= 15 is 0 Å². The van der Waals surface area contributed by atoms with Crippen LogP contribution in [0, 0.1) is 6.92 Å². The van der Waals surface area contributed by atoms with Crippen LogP contribution in [-0.4, -0.2) is 5.91 Å². The number of amides is 1. The van der Waals surface area contributed by atoms with E-state index in [1.54, 1.807) is 18.2 Å². The molecule has 2 aromatic carbocycles. The quantitative estimate of drug-likeness (QED) is 0.846. The topological polar surface area (TPSA) is 55.1 Å². The Hall–Kier alpha value is -2.00.